The van der Waals surface area contributed by atoms with Crippen LogP contribution in [0.2, 0.25) is 0 Å². The van der Waals surface area contributed by atoms with Gasteiger partial charge in [-0.25, -0.2) is 0 Å². The van der Waals surface area contributed by atoms with Crippen molar-refractivity contribution in [1.29, 1.82) is 0 Å². The van der Waals surface area contributed by atoms with Crippen LogP contribution in [-0.2, 0) is 25.6 Å². The quantitative estimate of drug-likeness (QED) is 0.924. The molecule has 0 amide bonds. The standard InChI is InChI=1S/C14H15F3N4/c15-14(16,17)11-4-2-1-3-9(11)7-12-19-20-13-8-10(18)5-6-21(12)13/h1-4,10H,5-8,18H2. The van der Waals surface area contributed by atoms with Crippen molar-refractivity contribution in [1.82, 2.24) is 14.8 Å². The van der Waals surface area contributed by atoms with Gasteiger partial charge in [0.2, 0.25) is 0 Å². The van der Waals surface area contributed by atoms with Gasteiger partial charge >= 0.3 is 6.18 Å². The molecule has 1 aliphatic rings. The highest BCUT2D eigenvalue weighted by Gasteiger charge is 2.33. The fourth-order valence-corrected chi connectivity index (χ4v) is 2.67. The second-order valence-electron chi connectivity index (χ2n) is 5.27. The number of nitrogens with two attached hydrogens (primary N) is 1. The Bertz CT molecular complexity index is 648. The van der Waals surface area contributed by atoms with Gasteiger partial charge in [0.25, 0.3) is 0 Å². The molecular formula is C14H15F3N4. The molecule has 0 aliphatic carbocycles. The zero-order valence-electron chi connectivity index (χ0n) is 11.3. The minimum atomic E-state index is -4.36. The van der Waals surface area contributed by atoms with Crippen molar-refractivity contribution in [3.63, 3.8) is 0 Å². The first-order chi connectivity index (χ1) is 9.95. The number of rotatable bonds is 2. The number of halogens is 3. The van der Waals surface area contributed by atoms with Crippen LogP contribution in [0.25, 0.3) is 0 Å². The molecule has 1 aromatic carbocycles. The highest BCUT2D eigenvalue weighted by Crippen LogP contribution is 2.32. The normalized spacial score (nSPS) is 18.6. The first kappa shape index (κ1) is 14.1. The number of nitrogens with zero attached hydrogens (tertiary/aromatic N) is 3. The Kier molecular flexibility index (Phi) is 3.44. The molecule has 7 heteroatoms. The third-order valence-corrected chi connectivity index (χ3v) is 3.74. The molecule has 3 rings (SSSR count). The molecule has 1 unspecified atom stereocenters. The van der Waals surface area contributed by atoms with Gasteiger partial charge in [0.05, 0.1) is 5.56 Å². The van der Waals surface area contributed by atoms with E-state index < -0.39 is 11.7 Å². The topological polar surface area (TPSA) is 56.7 Å². The molecule has 4 nitrogen and oxygen atoms in total. The average Bonchev–Trinajstić information content (AvgIpc) is 2.80. The molecule has 0 radical (unpaired) electrons. The monoisotopic (exact) mass is 296 g/mol. The maximum Gasteiger partial charge on any atom is 0.416 e. The Morgan fingerprint density at radius 3 is 2.76 bits per heavy atom. The molecule has 0 fully saturated rings. The van der Waals surface area contributed by atoms with E-state index in [-0.39, 0.29) is 18.0 Å². The van der Waals surface area contributed by atoms with E-state index in [2.05, 4.69) is 10.2 Å². The van der Waals surface area contributed by atoms with Crippen molar-refractivity contribution < 1.29 is 13.2 Å². The third-order valence-electron chi connectivity index (χ3n) is 3.74. The van der Waals surface area contributed by atoms with Crippen molar-refractivity contribution in [2.45, 2.75) is 38.0 Å². The van der Waals surface area contributed by atoms with Crippen LogP contribution in [0.4, 0.5) is 13.2 Å². The zero-order chi connectivity index (χ0) is 15.0. The van der Waals surface area contributed by atoms with E-state index in [0.29, 0.717) is 18.8 Å². The highest BCUT2D eigenvalue weighted by atomic mass is 19.4. The predicted molar refractivity (Wildman–Crippen MR) is 70.6 cm³/mol. The van der Waals surface area contributed by atoms with Crippen LogP contribution in [-0.4, -0.2) is 20.8 Å². The summed E-state index contributed by atoms with van der Waals surface area (Å²) in [6, 6.07) is 5.63. The van der Waals surface area contributed by atoms with Gasteiger partial charge in [-0.05, 0) is 18.1 Å². The molecule has 0 spiro atoms. The molecule has 0 bridgehead atoms. The van der Waals surface area contributed by atoms with Crippen molar-refractivity contribution >= 4 is 0 Å². The molecule has 1 aliphatic heterocycles. The maximum atomic E-state index is 13.0. The summed E-state index contributed by atoms with van der Waals surface area (Å²) in [5.41, 5.74) is 5.46. The smallest absolute Gasteiger partial charge is 0.327 e. The Morgan fingerprint density at radius 2 is 2.00 bits per heavy atom. The number of fused-ring (bicyclic) bond motifs is 1. The van der Waals surface area contributed by atoms with Crippen LogP contribution in [0.15, 0.2) is 24.3 Å². The summed E-state index contributed by atoms with van der Waals surface area (Å²) >= 11 is 0. The van der Waals surface area contributed by atoms with Gasteiger partial charge in [0.1, 0.15) is 11.6 Å². The van der Waals surface area contributed by atoms with Crippen LogP contribution >= 0.6 is 0 Å². The Balaban J connectivity index is 1.92. The number of hydrogen-bond donors (Lipinski definition) is 1. The second-order valence-corrected chi connectivity index (χ2v) is 5.27. The lowest BCUT2D eigenvalue weighted by Crippen LogP contribution is -2.31. The van der Waals surface area contributed by atoms with Crippen LogP contribution in [0.5, 0.6) is 0 Å². The fraction of sp³-hybridized carbons (Fsp3) is 0.429. The van der Waals surface area contributed by atoms with E-state index in [9.17, 15) is 13.2 Å². The highest BCUT2D eigenvalue weighted by molar-refractivity contribution is 5.32. The minimum absolute atomic E-state index is 0.0528. The molecule has 2 N–H and O–H groups in total. The summed E-state index contributed by atoms with van der Waals surface area (Å²) in [6.45, 7) is 0.660. The summed E-state index contributed by atoms with van der Waals surface area (Å²) in [5.74, 6) is 1.32. The molecular weight excluding hydrogens is 281 g/mol. The van der Waals surface area contributed by atoms with Gasteiger partial charge in [0.15, 0.2) is 0 Å². The largest absolute Gasteiger partial charge is 0.416 e. The molecule has 21 heavy (non-hydrogen) atoms. The van der Waals surface area contributed by atoms with Crippen molar-refractivity contribution in [3.8, 4) is 0 Å². The Labute approximate surface area is 119 Å². The van der Waals surface area contributed by atoms with Crippen molar-refractivity contribution in [3.05, 3.63) is 47.0 Å². The molecule has 1 atom stereocenters. The molecule has 2 aromatic rings. The van der Waals surface area contributed by atoms with Crippen molar-refractivity contribution in [2.75, 3.05) is 0 Å². The predicted octanol–water partition coefficient (Wildman–Crippen LogP) is 2.16. The summed E-state index contributed by atoms with van der Waals surface area (Å²) in [7, 11) is 0. The zero-order valence-corrected chi connectivity index (χ0v) is 11.3. The van der Waals surface area contributed by atoms with Gasteiger partial charge < -0.3 is 10.3 Å². The fourth-order valence-electron chi connectivity index (χ4n) is 2.67. The number of benzene rings is 1. The molecule has 0 saturated heterocycles. The summed E-state index contributed by atoms with van der Waals surface area (Å²) in [4.78, 5) is 0. The summed E-state index contributed by atoms with van der Waals surface area (Å²) in [6.07, 6.45) is -2.82. The minimum Gasteiger partial charge on any atom is -0.327 e. The molecule has 1 aromatic heterocycles. The second kappa shape index (κ2) is 5.14. The van der Waals surface area contributed by atoms with Gasteiger partial charge in [-0.15, -0.1) is 10.2 Å². The number of aromatic nitrogens is 3. The SMILES string of the molecule is NC1CCn2c(Cc3ccccc3C(F)(F)F)nnc2C1. The lowest BCUT2D eigenvalue weighted by molar-refractivity contribution is -0.138. The van der Waals surface area contributed by atoms with E-state index in [1.54, 1.807) is 6.07 Å². The Hall–Kier alpha value is -1.89. The maximum absolute atomic E-state index is 13.0. The van der Waals surface area contributed by atoms with Crippen LogP contribution < -0.4 is 5.73 Å². The summed E-state index contributed by atoms with van der Waals surface area (Å²) in [5, 5.41) is 8.09. The third kappa shape index (κ3) is 2.78. The van der Waals surface area contributed by atoms with Crippen LogP contribution in [0.3, 0.4) is 0 Å². The van der Waals surface area contributed by atoms with E-state index in [0.717, 1.165) is 18.3 Å². The van der Waals surface area contributed by atoms with Crippen LogP contribution in [0.1, 0.15) is 29.2 Å². The summed E-state index contributed by atoms with van der Waals surface area (Å²) < 4.78 is 40.9. The molecule has 0 saturated carbocycles. The lowest BCUT2D eigenvalue weighted by atomic mass is 10.0. The van der Waals surface area contributed by atoms with E-state index in [1.165, 1.54) is 12.1 Å². The van der Waals surface area contributed by atoms with Gasteiger partial charge in [-0.1, -0.05) is 18.2 Å². The van der Waals surface area contributed by atoms with Gasteiger partial charge in [-0.3, -0.25) is 0 Å². The lowest BCUT2D eigenvalue weighted by Gasteiger charge is -2.20. The first-order valence-electron chi connectivity index (χ1n) is 6.77. The van der Waals surface area contributed by atoms with E-state index >= 15 is 0 Å². The number of alkyl halides is 3. The van der Waals surface area contributed by atoms with Crippen LogP contribution in [0, 0.1) is 0 Å². The Morgan fingerprint density at radius 1 is 1.24 bits per heavy atom. The number of hydrogen-bond acceptors (Lipinski definition) is 3. The van der Waals surface area contributed by atoms with E-state index in [4.69, 9.17) is 5.73 Å². The molecule has 2 heterocycles. The van der Waals surface area contributed by atoms with Crippen molar-refractivity contribution in [2.24, 2.45) is 5.73 Å². The van der Waals surface area contributed by atoms with Gasteiger partial charge in [0, 0.05) is 25.4 Å². The van der Waals surface area contributed by atoms with E-state index in [1.807, 2.05) is 4.57 Å². The first-order valence-corrected chi connectivity index (χ1v) is 6.77. The average molecular weight is 296 g/mol. The van der Waals surface area contributed by atoms with Gasteiger partial charge in [-0.2, -0.15) is 13.2 Å². The molecule has 112 valence electrons.